The number of rotatable bonds is 4. The Balaban J connectivity index is 1.55. The molecule has 0 radical (unpaired) electrons. The Labute approximate surface area is 127 Å². The van der Waals surface area contributed by atoms with E-state index < -0.39 is 0 Å². The highest BCUT2D eigenvalue weighted by atomic mass is 16.7. The van der Waals surface area contributed by atoms with Gasteiger partial charge in [-0.15, -0.1) is 0 Å². The fraction of sp³-hybridized carbons (Fsp3) is 0.0625. The van der Waals surface area contributed by atoms with Crippen LogP contribution in [0.25, 0.3) is 6.08 Å². The minimum Gasteiger partial charge on any atom is -0.454 e. The van der Waals surface area contributed by atoms with Crippen molar-refractivity contribution in [2.45, 2.75) is 0 Å². The van der Waals surface area contributed by atoms with E-state index in [-0.39, 0.29) is 12.7 Å². The first-order chi connectivity index (χ1) is 10.8. The quantitative estimate of drug-likeness (QED) is 0.693. The zero-order chi connectivity index (χ0) is 15.2. The summed E-state index contributed by atoms with van der Waals surface area (Å²) in [5, 5.41) is 3.83. The molecule has 1 amide bonds. The van der Waals surface area contributed by atoms with E-state index in [0.29, 0.717) is 5.69 Å². The molecule has 0 saturated carbocycles. The minimum absolute atomic E-state index is 0.253. The summed E-state index contributed by atoms with van der Waals surface area (Å²) in [6.07, 6.45) is 6.61. The average Bonchev–Trinajstić information content (AvgIpc) is 3.03. The van der Waals surface area contributed by atoms with E-state index in [2.05, 4.69) is 15.5 Å². The van der Waals surface area contributed by atoms with E-state index in [4.69, 9.17) is 9.47 Å². The van der Waals surface area contributed by atoms with Crippen molar-refractivity contribution < 1.29 is 14.3 Å². The number of carbonyl (C=O) groups excluding carboxylic acids is 1. The molecule has 1 N–H and O–H groups in total. The molecule has 1 aliphatic rings. The number of amides is 1. The van der Waals surface area contributed by atoms with Crippen LogP contribution in [-0.4, -0.2) is 23.9 Å². The van der Waals surface area contributed by atoms with Gasteiger partial charge < -0.3 is 9.47 Å². The molecule has 2 heterocycles. The third-order valence-corrected chi connectivity index (χ3v) is 2.91. The lowest BCUT2D eigenvalue weighted by Crippen LogP contribution is -2.18. The molecule has 3 rings (SSSR count). The lowest BCUT2D eigenvalue weighted by Gasteiger charge is -1.97. The van der Waals surface area contributed by atoms with Crippen LogP contribution in [0.1, 0.15) is 16.1 Å². The number of hydrazone groups is 1. The SMILES string of the molecule is O=C(NN=CC=Cc1ccc2c(c1)OCO2)c1ccccn1. The molecular weight excluding hydrogens is 282 g/mol. The molecule has 0 fully saturated rings. The molecular formula is C16H13N3O3. The Morgan fingerprint density at radius 3 is 3.00 bits per heavy atom. The van der Waals surface area contributed by atoms with Gasteiger partial charge in [-0.3, -0.25) is 9.78 Å². The number of fused-ring (bicyclic) bond motifs is 1. The Kier molecular flexibility index (Phi) is 4.10. The topological polar surface area (TPSA) is 72.8 Å². The number of ether oxygens (including phenoxy) is 2. The summed E-state index contributed by atoms with van der Waals surface area (Å²) in [7, 11) is 0. The number of carbonyl (C=O) groups is 1. The fourth-order valence-corrected chi connectivity index (χ4v) is 1.86. The Bertz CT molecular complexity index is 727. The molecule has 6 heteroatoms. The molecule has 0 spiro atoms. The number of pyridine rings is 1. The molecule has 6 nitrogen and oxygen atoms in total. The maximum atomic E-state index is 11.7. The van der Waals surface area contributed by atoms with Crippen LogP contribution in [0.3, 0.4) is 0 Å². The number of hydrogen-bond acceptors (Lipinski definition) is 5. The van der Waals surface area contributed by atoms with Crippen LogP contribution in [0.2, 0.25) is 0 Å². The van der Waals surface area contributed by atoms with Crippen molar-refractivity contribution in [2.75, 3.05) is 6.79 Å². The molecule has 0 saturated heterocycles. The summed E-state index contributed by atoms with van der Waals surface area (Å²) >= 11 is 0. The normalized spacial score (nSPS) is 12.9. The highest BCUT2D eigenvalue weighted by Crippen LogP contribution is 2.32. The van der Waals surface area contributed by atoms with Crippen molar-refractivity contribution in [2.24, 2.45) is 5.10 Å². The number of nitrogens with one attached hydrogen (secondary N) is 1. The Morgan fingerprint density at radius 1 is 1.23 bits per heavy atom. The molecule has 1 aromatic carbocycles. The molecule has 0 atom stereocenters. The van der Waals surface area contributed by atoms with Crippen molar-refractivity contribution in [3.63, 3.8) is 0 Å². The Morgan fingerprint density at radius 2 is 2.14 bits per heavy atom. The van der Waals surface area contributed by atoms with Crippen LogP contribution in [0, 0.1) is 0 Å². The van der Waals surface area contributed by atoms with Gasteiger partial charge in [-0.2, -0.15) is 5.10 Å². The highest BCUT2D eigenvalue weighted by molar-refractivity contribution is 5.92. The summed E-state index contributed by atoms with van der Waals surface area (Å²) in [6, 6.07) is 10.7. The second-order valence-corrected chi connectivity index (χ2v) is 4.41. The van der Waals surface area contributed by atoms with Gasteiger partial charge in [-0.05, 0) is 35.9 Å². The molecule has 0 unspecified atom stereocenters. The van der Waals surface area contributed by atoms with Crippen molar-refractivity contribution in [1.82, 2.24) is 10.4 Å². The number of allylic oxidation sites excluding steroid dienone is 1. The van der Waals surface area contributed by atoms with Gasteiger partial charge in [0.25, 0.3) is 5.91 Å². The van der Waals surface area contributed by atoms with Crippen LogP contribution in [0.15, 0.2) is 53.8 Å². The molecule has 2 aromatic rings. The molecule has 0 aliphatic carbocycles. The van der Waals surface area contributed by atoms with Crippen molar-refractivity contribution in [3.05, 3.63) is 59.9 Å². The maximum Gasteiger partial charge on any atom is 0.289 e. The van der Waals surface area contributed by atoms with E-state index in [0.717, 1.165) is 17.1 Å². The van der Waals surface area contributed by atoms with Gasteiger partial charge in [0.15, 0.2) is 11.5 Å². The van der Waals surface area contributed by atoms with Gasteiger partial charge in [-0.1, -0.05) is 18.2 Å². The van der Waals surface area contributed by atoms with Crippen molar-refractivity contribution in [3.8, 4) is 11.5 Å². The molecule has 110 valence electrons. The fourth-order valence-electron chi connectivity index (χ4n) is 1.86. The van der Waals surface area contributed by atoms with Crippen LogP contribution in [-0.2, 0) is 0 Å². The van der Waals surface area contributed by atoms with Gasteiger partial charge in [0, 0.05) is 12.4 Å². The average molecular weight is 295 g/mol. The largest absolute Gasteiger partial charge is 0.454 e. The van der Waals surface area contributed by atoms with E-state index in [1.807, 2.05) is 24.3 Å². The minimum atomic E-state index is -0.353. The summed E-state index contributed by atoms with van der Waals surface area (Å²) in [5.41, 5.74) is 3.67. The van der Waals surface area contributed by atoms with Gasteiger partial charge >= 0.3 is 0 Å². The van der Waals surface area contributed by atoms with E-state index >= 15 is 0 Å². The Hall–Kier alpha value is -3.15. The van der Waals surface area contributed by atoms with E-state index in [9.17, 15) is 4.79 Å². The lowest BCUT2D eigenvalue weighted by molar-refractivity contribution is 0.0950. The summed E-state index contributed by atoms with van der Waals surface area (Å²) in [6.45, 7) is 0.253. The zero-order valence-corrected chi connectivity index (χ0v) is 11.6. The number of nitrogens with zero attached hydrogens (tertiary/aromatic N) is 2. The lowest BCUT2D eigenvalue weighted by atomic mass is 10.2. The first-order valence-corrected chi connectivity index (χ1v) is 6.64. The van der Waals surface area contributed by atoms with Crippen LogP contribution in [0.4, 0.5) is 0 Å². The van der Waals surface area contributed by atoms with Crippen LogP contribution >= 0.6 is 0 Å². The smallest absolute Gasteiger partial charge is 0.289 e. The standard InChI is InChI=1S/C16H13N3O3/c20-16(13-5-1-2-8-17-13)19-18-9-3-4-12-6-7-14-15(10-12)22-11-21-14/h1-10H,11H2,(H,19,20). The maximum absolute atomic E-state index is 11.7. The second kappa shape index (κ2) is 6.53. The van der Waals surface area contributed by atoms with E-state index in [1.54, 1.807) is 30.5 Å². The van der Waals surface area contributed by atoms with Gasteiger partial charge in [0.1, 0.15) is 5.69 Å². The molecule has 22 heavy (non-hydrogen) atoms. The van der Waals surface area contributed by atoms with Gasteiger partial charge in [-0.25, -0.2) is 5.43 Å². The van der Waals surface area contributed by atoms with Gasteiger partial charge in [0.2, 0.25) is 6.79 Å². The third kappa shape index (κ3) is 3.29. The number of benzene rings is 1. The first-order valence-electron chi connectivity index (χ1n) is 6.64. The van der Waals surface area contributed by atoms with Crippen LogP contribution < -0.4 is 14.9 Å². The summed E-state index contributed by atoms with van der Waals surface area (Å²) < 4.78 is 10.5. The third-order valence-electron chi connectivity index (χ3n) is 2.91. The predicted octanol–water partition coefficient (Wildman–Crippen LogP) is 2.24. The number of aromatic nitrogens is 1. The first kappa shape index (κ1) is 13.8. The molecule has 1 aliphatic heterocycles. The predicted molar refractivity (Wildman–Crippen MR) is 81.8 cm³/mol. The monoisotopic (exact) mass is 295 g/mol. The van der Waals surface area contributed by atoms with Crippen LogP contribution in [0.5, 0.6) is 11.5 Å². The van der Waals surface area contributed by atoms with E-state index in [1.165, 1.54) is 6.21 Å². The van der Waals surface area contributed by atoms with Crippen molar-refractivity contribution in [1.29, 1.82) is 0 Å². The summed E-state index contributed by atoms with van der Waals surface area (Å²) in [5.74, 6) is 1.12. The zero-order valence-electron chi connectivity index (χ0n) is 11.6. The number of hydrogen-bond donors (Lipinski definition) is 1. The highest BCUT2D eigenvalue weighted by Gasteiger charge is 2.11. The molecule has 0 bridgehead atoms. The van der Waals surface area contributed by atoms with Crippen molar-refractivity contribution >= 4 is 18.2 Å². The second-order valence-electron chi connectivity index (χ2n) is 4.41. The molecule has 1 aromatic heterocycles. The van der Waals surface area contributed by atoms with Gasteiger partial charge in [0.05, 0.1) is 0 Å². The summed E-state index contributed by atoms with van der Waals surface area (Å²) in [4.78, 5) is 15.6.